The molecular weight excluding hydrogens is 563 g/mol. The molecule has 1 aromatic heterocycles. The van der Waals surface area contributed by atoms with Crippen molar-refractivity contribution in [1.29, 1.82) is 10.8 Å². The molecule has 0 spiro atoms. The summed E-state index contributed by atoms with van der Waals surface area (Å²) in [7, 11) is -7.31. The van der Waals surface area contributed by atoms with E-state index in [1.165, 1.54) is 22.7 Å². The highest BCUT2D eigenvalue weighted by Gasteiger charge is 2.30. The zero-order valence-corrected chi connectivity index (χ0v) is 24.6. The summed E-state index contributed by atoms with van der Waals surface area (Å²) < 4.78 is 52.0. The third-order valence-corrected chi connectivity index (χ3v) is 11.2. The smallest absolute Gasteiger partial charge is 0.210 e. The highest BCUT2D eigenvalue weighted by atomic mass is 32.2. The van der Waals surface area contributed by atoms with Crippen molar-refractivity contribution in [2.24, 2.45) is 11.5 Å². The van der Waals surface area contributed by atoms with Crippen LogP contribution in [0, 0.1) is 17.7 Å². The average Bonchev–Trinajstić information content (AvgIpc) is 3.29. The molecule has 0 aliphatic heterocycles. The third kappa shape index (κ3) is 6.76. The molecule has 0 unspecified atom stereocenters. The highest BCUT2D eigenvalue weighted by molar-refractivity contribution is 8.01. The minimum atomic E-state index is -4.15. The Labute approximate surface area is 232 Å². The van der Waals surface area contributed by atoms with Gasteiger partial charge in [-0.25, -0.2) is 16.8 Å². The van der Waals surface area contributed by atoms with Crippen molar-refractivity contribution in [3.63, 3.8) is 0 Å². The summed E-state index contributed by atoms with van der Waals surface area (Å²) in [6.07, 6.45) is 3.64. The molecule has 1 heterocycles. The second kappa shape index (κ2) is 11.9. The van der Waals surface area contributed by atoms with Crippen LogP contribution in [0.3, 0.4) is 0 Å². The Balaban J connectivity index is 2.21. The van der Waals surface area contributed by atoms with Crippen molar-refractivity contribution >= 4 is 60.3 Å². The topological polar surface area (TPSA) is 171 Å². The van der Waals surface area contributed by atoms with E-state index < -0.39 is 19.7 Å². The van der Waals surface area contributed by atoms with Crippen molar-refractivity contribution in [3.05, 3.63) is 59.0 Å². The Bertz CT molecular complexity index is 1580. The Hall–Kier alpha value is -2.87. The van der Waals surface area contributed by atoms with E-state index >= 15 is 0 Å². The molecule has 0 saturated carbocycles. The van der Waals surface area contributed by atoms with Gasteiger partial charge >= 0.3 is 0 Å². The molecule has 0 amide bonds. The highest BCUT2D eigenvalue weighted by Crippen LogP contribution is 2.41. The molecule has 0 aliphatic carbocycles. The van der Waals surface area contributed by atoms with Gasteiger partial charge in [0.05, 0.1) is 24.6 Å². The Morgan fingerprint density at radius 3 is 2.26 bits per heavy atom. The SMILES string of the molecule is CSc1sc(C(=N)N)cc1S(=O)(=O)c1cc(-c2ccccc2C)ccc1N(CCCCS(C)(=O)=O)C(=N)N. The summed E-state index contributed by atoms with van der Waals surface area (Å²) in [5, 5.41) is 16.0. The largest absolute Gasteiger partial charge is 0.383 e. The molecule has 0 atom stereocenters. The Kier molecular flexibility index (Phi) is 9.29. The van der Waals surface area contributed by atoms with Crippen molar-refractivity contribution in [3.8, 4) is 11.1 Å². The van der Waals surface area contributed by atoms with Gasteiger partial charge < -0.3 is 16.4 Å². The maximum Gasteiger partial charge on any atom is 0.210 e. The first-order valence-corrected chi connectivity index (χ1v) is 17.1. The number of thiophene rings is 1. The molecule has 2 aromatic carbocycles. The number of aryl methyl sites for hydroxylation is 1. The number of anilines is 1. The lowest BCUT2D eigenvalue weighted by atomic mass is 10.0. The van der Waals surface area contributed by atoms with E-state index in [1.54, 1.807) is 24.5 Å². The van der Waals surface area contributed by atoms with Gasteiger partial charge in [0.1, 0.15) is 15.7 Å². The normalized spacial score (nSPS) is 11.9. The average molecular weight is 594 g/mol. The van der Waals surface area contributed by atoms with Gasteiger partial charge in [0.2, 0.25) is 9.84 Å². The molecule has 38 heavy (non-hydrogen) atoms. The monoisotopic (exact) mass is 593 g/mol. The van der Waals surface area contributed by atoms with Crippen LogP contribution < -0.4 is 16.4 Å². The van der Waals surface area contributed by atoms with Gasteiger partial charge in [0.15, 0.2) is 5.96 Å². The van der Waals surface area contributed by atoms with Gasteiger partial charge in [0, 0.05) is 18.6 Å². The summed E-state index contributed by atoms with van der Waals surface area (Å²) in [6, 6.07) is 14.0. The van der Waals surface area contributed by atoms with E-state index in [0.29, 0.717) is 27.5 Å². The van der Waals surface area contributed by atoms with E-state index in [0.717, 1.165) is 28.7 Å². The Morgan fingerprint density at radius 2 is 1.68 bits per heavy atom. The minimum Gasteiger partial charge on any atom is -0.383 e. The lowest BCUT2D eigenvalue weighted by Crippen LogP contribution is -2.38. The van der Waals surface area contributed by atoms with Crippen LogP contribution in [0.5, 0.6) is 0 Å². The van der Waals surface area contributed by atoms with Crippen LogP contribution in [0.1, 0.15) is 23.3 Å². The second-order valence-corrected chi connectivity index (χ2v) is 15.0. The first-order chi connectivity index (χ1) is 17.8. The van der Waals surface area contributed by atoms with Crippen LogP contribution in [-0.2, 0) is 19.7 Å². The summed E-state index contributed by atoms with van der Waals surface area (Å²) in [6.45, 7) is 2.10. The summed E-state index contributed by atoms with van der Waals surface area (Å²) in [5.41, 5.74) is 14.3. The molecule has 0 aliphatic rings. The van der Waals surface area contributed by atoms with E-state index in [-0.39, 0.29) is 39.6 Å². The van der Waals surface area contributed by atoms with Gasteiger partial charge in [-0.3, -0.25) is 10.8 Å². The molecule has 204 valence electrons. The standard InChI is InChI=1S/C25H31N5O4S4/c1-16-8-4-5-9-18(16)17-10-11-19(30(25(28)29)12-6-7-13-37(3,31)32)21(14-17)38(33,34)22-15-20(23(26)27)36-24(22)35-2/h4-5,8-11,14-15H,6-7,12-13H2,1-3H3,(H3,26,27)(H3,28,29). The summed E-state index contributed by atoms with van der Waals surface area (Å²) in [5.74, 6) is -0.600. The summed E-state index contributed by atoms with van der Waals surface area (Å²) in [4.78, 5) is 1.71. The molecule has 0 saturated heterocycles. The number of amidine groups is 1. The molecular formula is C25H31N5O4S4. The second-order valence-electron chi connectivity index (χ2n) is 8.75. The first-order valence-electron chi connectivity index (χ1n) is 11.5. The molecule has 0 fully saturated rings. The molecule has 13 heteroatoms. The number of nitrogens with one attached hydrogen (secondary N) is 2. The summed E-state index contributed by atoms with van der Waals surface area (Å²) >= 11 is 2.38. The van der Waals surface area contributed by atoms with E-state index in [1.807, 2.05) is 31.2 Å². The number of guanidine groups is 1. The number of thioether (sulfide) groups is 1. The number of nitrogens with two attached hydrogens (primary N) is 2. The van der Waals surface area contributed by atoms with Crippen LogP contribution in [0.15, 0.2) is 62.5 Å². The number of nitrogens with zero attached hydrogens (tertiary/aromatic N) is 1. The van der Waals surface area contributed by atoms with E-state index in [4.69, 9.17) is 22.3 Å². The fraction of sp³-hybridized carbons (Fsp3) is 0.280. The number of hydrogen-bond acceptors (Lipinski definition) is 8. The molecule has 3 aromatic rings. The third-order valence-electron chi connectivity index (χ3n) is 5.84. The Morgan fingerprint density at radius 1 is 1.00 bits per heavy atom. The zero-order valence-electron chi connectivity index (χ0n) is 21.3. The van der Waals surface area contributed by atoms with Gasteiger partial charge in [-0.1, -0.05) is 30.3 Å². The fourth-order valence-electron chi connectivity index (χ4n) is 3.96. The van der Waals surface area contributed by atoms with Crippen molar-refractivity contribution in [1.82, 2.24) is 0 Å². The number of unbranched alkanes of at least 4 members (excludes halogenated alkanes) is 1. The van der Waals surface area contributed by atoms with Gasteiger partial charge in [-0.15, -0.1) is 23.1 Å². The lowest BCUT2D eigenvalue weighted by molar-refractivity contribution is 0.594. The van der Waals surface area contributed by atoms with Gasteiger partial charge in [-0.2, -0.15) is 0 Å². The number of nitrogen functional groups attached to an aromatic ring is 1. The predicted octanol–water partition coefficient (Wildman–Crippen LogP) is 4.09. The number of rotatable bonds is 11. The van der Waals surface area contributed by atoms with Crippen molar-refractivity contribution in [2.75, 3.05) is 29.7 Å². The minimum absolute atomic E-state index is 0.0179. The van der Waals surface area contributed by atoms with Crippen LogP contribution in [0.2, 0.25) is 0 Å². The quantitative estimate of drug-likeness (QED) is 0.111. The van der Waals surface area contributed by atoms with Crippen LogP contribution in [0.4, 0.5) is 5.69 Å². The number of benzene rings is 2. The molecule has 0 radical (unpaired) electrons. The fourth-order valence-corrected chi connectivity index (χ4v) is 8.77. The molecule has 6 N–H and O–H groups in total. The van der Waals surface area contributed by atoms with Gasteiger partial charge in [0.25, 0.3) is 0 Å². The molecule has 9 nitrogen and oxygen atoms in total. The molecule has 3 rings (SSSR count). The lowest BCUT2D eigenvalue weighted by Gasteiger charge is -2.26. The van der Waals surface area contributed by atoms with Crippen LogP contribution in [0.25, 0.3) is 11.1 Å². The zero-order chi connectivity index (χ0) is 28.3. The van der Waals surface area contributed by atoms with E-state index in [9.17, 15) is 16.8 Å². The van der Waals surface area contributed by atoms with E-state index in [2.05, 4.69) is 0 Å². The predicted molar refractivity (Wildman–Crippen MR) is 157 cm³/mol. The van der Waals surface area contributed by atoms with Crippen LogP contribution >= 0.6 is 23.1 Å². The first kappa shape index (κ1) is 29.7. The van der Waals surface area contributed by atoms with Gasteiger partial charge in [-0.05, 0) is 60.9 Å². The van der Waals surface area contributed by atoms with Crippen LogP contribution in [-0.4, -0.2) is 53.4 Å². The molecule has 0 bridgehead atoms. The maximum atomic E-state index is 14.2. The maximum absolute atomic E-state index is 14.2. The number of sulfone groups is 2. The van der Waals surface area contributed by atoms with Crippen molar-refractivity contribution < 1.29 is 16.8 Å². The number of hydrogen-bond donors (Lipinski definition) is 4. The van der Waals surface area contributed by atoms with Crippen molar-refractivity contribution in [2.45, 2.75) is 33.8 Å².